The van der Waals surface area contributed by atoms with Crippen LogP contribution in [0.3, 0.4) is 0 Å². The van der Waals surface area contributed by atoms with Crippen LogP contribution in [-0.2, 0) is 0 Å². The molecule has 0 saturated heterocycles. The molecule has 0 radical (unpaired) electrons. The zero-order valence-corrected chi connectivity index (χ0v) is 9.57. The zero-order chi connectivity index (χ0) is 12.8. The molecule has 4 nitrogen and oxygen atoms in total. The summed E-state index contributed by atoms with van der Waals surface area (Å²) in [5, 5.41) is 29.1. The Morgan fingerprint density at radius 3 is 1.88 bits per heavy atom. The molecule has 0 atom stereocenters. The lowest BCUT2D eigenvalue weighted by Gasteiger charge is -2.07. The van der Waals surface area contributed by atoms with Gasteiger partial charge in [0.1, 0.15) is 23.9 Å². The maximum atomic E-state index is 8.89. The Morgan fingerprint density at radius 2 is 1.47 bits per heavy atom. The first-order chi connectivity index (χ1) is 8.10. The number of rotatable bonds is 2. The Labute approximate surface area is 100 Å². The number of nitrogens with zero attached hydrogens (tertiary/aromatic N) is 3. The summed E-state index contributed by atoms with van der Waals surface area (Å²) in [5.41, 5.74) is 2.54. The molecular weight excluding hydrogens is 212 g/mol. The van der Waals surface area contributed by atoms with Gasteiger partial charge in [-0.05, 0) is 37.1 Å². The summed E-state index contributed by atoms with van der Waals surface area (Å²) in [6.45, 7) is 3.87. The molecule has 0 unspecified atom stereocenters. The third-order valence-electron chi connectivity index (χ3n) is 2.08. The van der Waals surface area contributed by atoms with E-state index in [9.17, 15) is 0 Å². The van der Waals surface area contributed by atoms with E-state index >= 15 is 0 Å². The maximum Gasteiger partial charge on any atom is 0.163 e. The van der Waals surface area contributed by atoms with Crippen LogP contribution in [-0.4, -0.2) is 0 Å². The van der Waals surface area contributed by atoms with Gasteiger partial charge in [-0.1, -0.05) is 6.07 Å². The van der Waals surface area contributed by atoms with Gasteiger partial charge in [0.25, 0.3) is 0 Å². The standard InChI is InChI=1S/C13H10N4/c1-9-3-10(2)5-12(4-9)17-13(8-16)11(6-14)7-15/h3-5,17H,1-2H3. The highest BCUT2D eigenvalue weighted by Crippen LogP contribution is 2.16. The van der Waals surface area contributed by atoms with Crippen molar-refractivity contribution in [2.45, 2.75) is 13.8 Å². The Morgan fingerprint density at radius 1 is 0.941 bits per heavy atom. The summed E-state index contributed by atoms with van der Waals surface area (Å²) < 4.78 is 0. The van der Waals surface area contributed by atoms with Crippen LogP contribution in [0.2, 0.25) is 0 Å². The maximum absolute atomic E-state index is 8.89. The van der Waals surface area contributed by atoms with Gasteiger partial charge < -0.3 is 5.32 Å². The largest absolute Gasteiger partial charge is 0.345 e. The predicted molar refractivity (Wildman–Crippen MR) is 63.4 cm³/mol. The summed E-state index contributed by atoms with van der Waals surface area (Å²) in [6, 6.07) is 10.9. The summed E-state index contributed by atoms with van der Waals surface area (Å²) in [4.78, 5) is 0. The summed E-state index contributed by atoms with van der Waals surface area (Å²) in [6.07, 6.45) is 0. The van der Waals surface area contributed by atoms with E-state index in [1.165, 1.54) is 0 Å². The van der Waals surface area contributed by atoms with Gasteiger partial charge in [0.05, 0.1) is 0 Å². The molecule has 1 aromatic carbocycles. The minimum Gasteiger partial charge on any atom is -0.345 e. The normalized spacial score (nSPS) is 8.41. The third kappa shape index (κ3) is 3.09. The quantitative estimate of drug-likeness (QED) is 0.779. The third-order valence-corrected chi connectivity index (χ3v) is 2.08. The van der Waals surface area contributed by atoms with Crippen LogP contribution in [0.15, 0.2) is 29.5 Å². The SMILES string of the molecule is Cc1cc(C)cc(NC(C#N)=C(C#N)C#N)c1. The first-order valence-electron chi connectivity index (χ1n) is 4.90. The van der Waals surface area contributed by atoms with E-state index in [1.807, 2.05) is 38.1 Å². The average Bonchev–Trinajstić information content (AvgIpc) is 2.27. The molecule has 0 fully saturated rings. The van der Waals surface area contributed by atoms with Gasteiger partial charge in [-0.3, -0.25) is 0 Å². The monoisotopic (exact) mass is 222 g/mol. The molecule has 17 heavy (non-hydrogen) atoms. The smallest absolute Gasteiger partial charge is 0.163 e. The molecule has 82 valence electrons. The number of aryl methyl sites for hydroxylation is 2. The van der Waals surface area contributed by atoms with Crippen molar-refractivity contribution in [2.24, 2.45) is 0 Å². The lowest BCUT2D eigenvalue weighted by Crippen LogP contribution is -2.01. The minimum absolute atomic E-state index is 0.0278. The van der Waals surface area contributed by atoms with Gasteiger partial charge in [0, 0.05) is 5.69 Å². The van der Waals surface area contributed by atoms with Crippen LogP contribution in [0, 0.1) is 47.8 Å². The number of benzene rings is 1. The summed E-state index contributed by atoms with van der Waals surface area (Å²) >= 11 is 0. The van der Waals surface area contributed by atoms with E-state index in [-0.39, 0.29) is 11.3 Å². The first kappa shape index (κ1) is 12.3. The van der Waals surface area contributed by atoms with Crippen LogP contribution in [0.5, 0.6) is 0 Å². The number of hydrogen-bond acceptors (Lipinski definition) is 4. The minimum atomic E-state index is -0.216. The molecule has 0 aliphatic carbocycles. The molecule has 4 heteroatoms. The highest BCUT2D eigenvalue weighted by molar-refractivity contribution is 5.59. The topological polar surface area (TPSA) is 83.4 Å². The van der Waals surface area contributed by atoms with Crippen molar-refractivity contribution in [3.05, 3.63) is 40.6 Å². The van der Waals surface area contributed by atoms with Gasteiger partial charge >= 0.3 is 0 Å². The lowest BCUT2D eigenvalue weighted by molar-refractivity contribution is 1.34. The van der Waals surface area contributed by atoms with Gasteiger partial charge in [0.2, 0.25) is 0 Å². The molecule has 0 aliphatic heterocycles. The summed E-state index contributed by atoms with van der Waals surface area (Å²) in [7, 11) is 0. The van der Waals surface area contributed by atoms with Crippen LogP contribution in [0.4, 0.5) is 5.69 Å². The van der Waals surface area contributed by atoms with Crippen LogP contribution in [0.25, 0.3) is 0 Å². The van der Waals surface area contributed by atoms with Crippen molar-refractivity contribution in [3.63, 3.8) is 0 Å². The van der Waals surface area contributed by atoms with E-state index in [1.54, 1.807) is 12.1 Å². The molecule has 1 rings (SSSR count). The zero-order valence-electron chi connectivity index (χ0n) is 9.57. The number of anilines is 1. The lowest BCUT2D eigenvalue weighted by atomic mass is 10.1. The predicted octanol–water partition coefficient (Wildman–Crippen LogP) is 2.54. The van der Waals surface area contributed by atoms with Gasteiger partial charge in [-0.15, -0.1) is 0 Å². The molecule has 0 bridgehead atoms. The Hall–Kier alpha value is -2.77. The molecule has 0 aliphatic rings. The Kier molecular flexibility index (Phi) is 3.87. The van der Waals surface area contributed by atoms with E-state index in [2.05, 4.69) is 5.32 Å². The molecule has 0 heterocycles. The van der Waals surface area contributed by atoms with Crippen molar-refractivity contribution < 1.29 is 0 Å². The first-order valence-corrected chi connectivity index (χ1v) is 4.90. The van der Waals surface area contributed by atoms with Crippen LogP contribution >= 0.6 is 0 Å². The van der Waals surface area contributed by atoms with Gasteiger partial charge in [-0.25, -0.2) is 0 Å². The fraction of sp³-hybridized carbons (Fsp3) is 0.154. The van der Waals surface area contributed by atoms with Crippen LogP contribution in [0.1, 0.15) is 11.1 Å². The fourth-order valence-electron chi connectivity index (χ4n) is 1.47. The molecule has 0 aromatic heterocycles. The Balaban J connectivity index is 3.15. The van der Waals surface area contributed by atoms with E-state index in [4.69, 9.17) is 15.8 Å². The van der Waals surface area contributed by atoms with Crippen LogP contribution < -0.4 is 5.32 Å². The van der Waals surface area contributed by atoms with E-state index in [0.717, 1.165) is 11.1 Å². The number of allylic oxidation sites excluding steroid dienone is 2. The van der Waals surface area contributed by atoms with Gasteiger partial charge in [-0.2, -0.15) is 15.8 Å². The van der Waals surface area contributed by atoms with E-state index < -0.39 is 0 Å². The van der Waals surface area contributed by atoms with Crippen molar-refractivity contribution in [3.8, 4) is 18.2 Å². The molecular formula is C13H10N4. The second kappa shape index (κ2) is 5.35. The van der Waals surface area contributed by atoms with Crippen molar-refractivity contribution in [1.29, 1.82) is 15.8 Å². The fourth-order valence-corrected chi connectivity index (χ4v) is 1.47. The highest BCUT2D eigenvalue weighted by Gasteiger charge is 2.06. The second-order valence-corrected chi connectivity index (χ2v) is 3.59. The van der Waals surface area contributed by atoms with Crippen molar-refractivity contribution in [1.82, 2.24) is 0 Å². The molecule has 1 aromatic rings. The average molecular weight is 222 g/mol. The molecule has 0 saturated carbocycles. The molecule has 0 amide bonds. The van der Waals surface area contributed by atoms with Crippen molar-refractivity contribution >= 4 is 5.69 Å². The Bertz CT molecular complexity index is 555. The number of nitriles is 3. The highest BCUT2D eigenvalue weighted by atomic mass is 14.9. The second-order valence-electron chi connectivity index (χ2n) is 3.59. The van der Waals surface area contributed by atoms with Crippen molar-refractivity contribution in [2.75, 3.05) is 5.32 Å². The molecule has 1 N–H and O–H groups in total. The van der Waals surface area contributed by atoms with Gasteiger partial charge in [0.15, 0.2) is 5.57 Å². The summed E-state index contributed by atoms with van der Waals surface area (Å²) in [5.74, 6) is 0. The number of hydrogen-bond donors (Lipinski definition) is 1. The molecule has 0 spiro atoms. The number of nitrogens with one attached hydrogen (secondary N) is 1. The van der Waals surface area contributed by atoms with E-state index in [0.29, 0.717) is 5.69 Å².